The summed E-state index contributed by atoms with van der Waals surface area (Å²) >= 11 is 0. The summed E-state index contributed by atoms with van der Waals surface area (Å²) in [6, 6.07) is -0.944. The number of rotatable bonds is 5. The van der Waals surface area contributed by atoms with Gasteiger partial charge in [0.05, 0.1) is 0 Å². The molecule has 2 atom stereocenters. The molecule has 1 N–H and O–H groups in total. The first-order valence-electron chi connectivity index (χ1n) is 7.60. The van der Waals surface area contributed by atoms with E-state index in [4.69, 9.17) is 4.74 Å². The normalized spacial score (nSPS) is 22.7. The Bertz CT molecular complexity index is 395. The van der Waals surface area contributed by atoms with Crippen LogP contribution in [-0.2, 0) is 9.53 Å². The largest absolute Gasteiger partial charge is 0.480 e. The van der Waals surface area contributed by atoms with Crippen LogP contribution in [0.5, 0.6) is 0 Å². The molecule has 1 rings (SSSR count). The van der Waals surface area contributed by atoms with Gasteiger partial charge in [0.1, 0.15) is 11.6 Å². The number of likely N-dealkylation sites (tertiary alicyclic amines) is 1. The van der Waals surface area contributed by atoms with Crippen molar-refractivity contribution in [2.45, 2.75) is 70.9 Å². The molecule has 0 saturated carbocycles. The van der Waals surface area contributed by atoms with Crippen LogP contribution in [-0.4, -0.2) is 46.7 Å². The van der Waals surface area contributed by atoms with Gasteiger partial charge < -0.3 is 9.84 Å². The Hall–Kier alpha value is -1.40. The molecule has 7 heteroatoms. The molecule has 128 valence electrons. The van der Waals surface area contributed by atoms with Crippen LogP contribution in [0.3, 0.4) is 0 Å². The number of halogens is 2. The SMILES string of the molecule is CC(C)(C)OC(=O)N1CCC(CCCC(F)F)CC1C(=O)O. The van der Waals surface area contributed by atoms with Gasteiger partial charge in [-0.15, -0.1) is 0 Å². The van der Waals surface area contributed by atoms with E-state index in [0.717, 1.165) is 0 Å². The van der Waals surface area contributed by atoms with Crippen molar-refractivity contribution in [2.75, 3.05) is 6.54 Å². The van der Waals surface area contributed by atoms with E-state index in [-0.39, 0.29) is 25.3 Å². The topological polar surface area (TPSA) is 66.8 Å². The number of carbonyl (C=O) groups is 2. The summed E-state index contributed by atoms with van der Waals surface area (Å²) in [5.74, 6) is -1.03. The minimum atomic E-state index is -2.32. The zero-order valence-corrected chi connectivity index (χ0v) is 13.3. The van der Waals surface area contributed by atoms with Crippen LogP contribution in [0, 0.1) is 5.92 Å². The number of carboxylic acid groups (broad SMARTS) is 1. The summed E-state index contributed by atoms with van der Waals surface area (Å²) in [4.78, 5) is 24.7. The number of piperidine rings is 1. The van der Waals surface area contributed by atoms with Gasteiger partial charge in [0.25, 0.3) is 0 Å². The zero-order chi connectivity index (χ0) is 16.9. The molecule has 5 nitrogen and oxygen atoms in total. The Balaban J connectivity index is 2.60. The van der Waals surface area contributed by atoms with Gasteiger partial charge in [-0.25, -0.2) is 18.4 Å². The first-order valence-corrected chi connectivity index (χ1v) is 7.60. The number of carboxylic acids is 1. The van der Waals surface area contributed by atoms with Crippen molar-refractivity contribution in [3.05, 3.63) is 0 Å². The monoisotopic (exact) mass is 321 g/mol. The van der Waals surface area contributed by atoms with Gasteiger partial charge in [0.15, 0.2) is 0 Å². The molecule has 0 spiro atoms. The van der Waals surface area contributed by atoms with Gasteiger partial charge in [-0.2, -0.15) is 0 Å². The van der Waals surface area contributed by atoms with Crippen LogP contribution < -0.4 is 0 Å². The maximum atomic E-state index is 12.2. The zero-order valence-electron chi connectivity index (χ0n) is 13.3. The van der Waals surface area contributed by atoms with Gasteiger partial charge in [-0.3, -0.25) is 4.90 Å². The average molecular weight is 321 g/mol. The first kappa shape index (κ1) is 18.6. The van der Waals surface area contributed by atoms with Crippen LogP contribution in [0.1, 0.15) is 52.9 Å². The molecule has 1 amide bonds. The average Bonchev–Trinajstić information content (AvgIpc) is 2.35. The summed E-state index contributed by atoms with van der Waals surface area (Å²) in [6.45, 7) is 5.44. The summed E-state index contributed by atoms with van der Waals surface area (Å²) in [5.41, 5.74) is -0.686. The Kier molecular flexibility index (Phi) is 6.56. The third-order valence-corrected chi connectivity index (χ3v) is 3.66. The predicted molar refractivity (Wildman–Crippen MR) is 76.9 cm³/mol. The second-order valence-electron chi connectivity index (χ2n) is 6.74. The first-order chi connectivity index (χ1) is 10.1. The fourth-order valence-corrected chi connectivity index (χ4v) is 2.63. The van der Waals surface area contributed by atoms with Crippen molar-refractivity contribution in [3.8, 4) is 0 Å². The van der Waals surface area contributed by atoms with Crippen LogP contribution in [0.25, 0.3) is 0 Å². The van der Waals surface area contributed by atoms with E-state index in [9.17, 15) is 23.5 Å². The van der Waals surface area contributed by atoms with Crippen LogP contribution >= 0.6 is 0 Å². The molecule has 0 aliphatic carbocycles. The molecule has 1 aliphatic heterocycles. The van der Waals surface area contributed by atoms with Crippen molar-refractivity contribution in [1.29, 1.82) is 0 Å². The smallest absolute Gasteiger partial charge is 0.411 e. The highest BCUT2D eigenvalue weighted by Gasteiger charge is 2.38. The van der Waals surface area contributed by atoms with Crippen molar-refractivity contribution < 1.29 is 28.2 Å². The van der Waals surface area contributed by atoms with Crippen molar-refractivity contribution in [2.24, 2.45) is 5.92 Å². The van der Waals surface area contributed by atoms with E-state index in [1.807, 2.05) is 0 Å². The van der Waals surface area contributed by atoms with E-state index in [0.29, 0.717) is 19.3 Å². The Labute approximate surface area is 129 Å². The molecule has 1 saturated heterocycles. The molecule has 22 heavy (non-hydrogen) atoms. The third-order valence-electron chi connectivity index (χ3n) is 3.66. The molecule has 0 radical (unpaired) electrons. The minimum Gasteiger partial charge on any atom is -0.480 e. The van der Waals surface area contributed by atoms with E-state index in [2.05, 4.69) is 0 Å². The van der Waals surface area contributed by atoms with Crippen molar-refractivity contribution >= 4 is 12.1 Å². The fraction of sp³-hybridized carbons (Fsp3) is 0.867. The molecule has 1 fully saturated rings. The molecule has 0 bridgehead atoms. The van der Waals surface area contributed by atoms with Gasteiger partial charge in [0, 0.05) is 13.0 Å². The van der Waals surface area contributed by atoms with Crippen molar-refractivity contribution in [1.82, 2.24) is 4.90 Å². The van der Waals surface area contributed by atoms with Crippen LogP contribution in [0.4, 0.5) is 13.6 Å². The highest BCUT2D eigenvalue weighted by molar-refractivity contribution is 5.80. The fourth-order valence-electron chi connectivity index (χ4n) is 2.63. The molecule has 2 unspecified atom stereocenters. The number of ether oxygens (including phenoxy) is 1. The molecule has 1 heterocycles. The maximum absolute atomic E-state index is 12.2. The van der Waals surface area contributed by atoms with Crippen molar-refractivity contribution in [3.63, 3.8) is 0 Å². The molecule has 0 aromatic heterocycles. The van der Waals surface area contributed by atoms with Crippen LogP contribution in [0.15, 0.2) is 0 Å². The Morgan fingerprint density at radius 2 is 2.00 bits per heavy atom. The quantitative estimate of drug-likeness (QED) is 0.841. The van der Waals surface area contributed by atoms with Gasteiger partial charge >= 0.3 is 12.1 Å². The predicted octanol–water partition coefficient (Wildman–Crippen LogP) is 3.52. The summed E-state index contributed by atoms with van der Waals surface area (Å²) in [5, 5.41) is 9.32. The van der Waals surface area contributed by atoms with Crippen LogP contribution in [0.2, 0.25) is 0 Å². The van der Waals surface area contributed by atoms with Gasteiger partial charge in [-0.1, -0.05) is 6.42 Å². The standard InChI is InChI=1S/C15H25F2NO4/c1-15(2,3)22-14(21)18-8-7-10(5-4-6-12(16)17)9-11(18)13(19)20/h10-12H,4-9H2,1-3H3,(H,19,20). The molecule has 0 aromatic rings. The minimum absolute atomic E-state index is 0.0542. The number of nitrogens with zero attached hydrogens (tertiary/aromatic N) is 1. The number of aliphatic carboxylic acids is 1. The second-order valence-corrected chi connectivity index (χ2v) is 6.74. The third kappa shape index (κ3) is 6.15. The highest BCUT2D eigenvalue weighted by atomic mass is 19.3. The lowest BCUT2D eigenvalue weighted by Gasteiger charge is -2.37. The summed E-state index contributed by atoms with van der Waals surface area (Å²) in [6.07, 6.45) is -1.27. The summed E-state index contributed by atoms with van der Waals surface area (Å²) < 4.78 is 29.5. The molecular formula is C15H25F2NO4. The Morgan fingerprint density at radius 1 is 1.36 bits per heavy atom. The lowest BCUT2D eigenvalue weighted by Crippen LogP contribution is -2.51. The number of alkyl halides is 2. The summed E-state index contributed by atoms with van der Waals surface area (Å²) in [7, 11) is 0. The lowest BCUT2D eigenvalue weighted by atomic mass is 9.87. The van der Waals surface area contributed by atoms with E-state index < -0.39 is 30.1 Å². The van der Waals surface area contributed by atoms with Gasteiger partial charge in [-0.05, 0) is 46.0 Å². The maximum Gasteiger partial charge on any atom is 0.411 e. The lowest BCUT2D eigenvalue weighted by molar-refractivity contribution is -0.145. The van der Waals surface area contributed by atoms with E-state index in [1.54, 1.807) is 20.8 Å². The van der Waals surface area contributed by atoms with E-state index in [1.165, 1.54) is 4.90 Å². The number of hydrogen-bond donors (Lipinski definition) is 1. The van der Waals surface area contributed by atoms with E-state index >= 15 is 0 Å². The number of carbonyl (C=O) groups excluding carboxylic acids is 1. The molecule has 0 aromatic carbocycles. The molecule has 1 aliphatic rings. The highest BCUT2D eigenvalue weighted by Crippen LogP contribution is 2.29. The Morgan fingerprint density at radius 3 is 2.50 bits per heavy atom. The number of hydrogen-bond acceptors (Lipinski definition) is 3. The second kappa shape index (κ2) is 7.74. The molecular weight excluding hydrogens is 296 g/mol. The van der Waals surface area contributed by atoms with Gasteiger partial charge in [0.2, 0.25) is 6.43 Å². The number of amides is 1.